The van der Waals surface area contributed by atoms with Gasteiger partial charge >= 0.3 is 6.36 Å². The van der Waals surface area contributed by atoms with Gasteiger partial charge in [0.25, 0.3) is 0 Å². The largest absolute Gasteiger partial charge is 0.573 e. The topological polar surface area (TPSA) is 57.9 Å². The number of alkyl halides is 3. The van der Waals surface area contributed by atoms with Crippen LogP contribution in [-0.2, 0) is 6.54 Å². The van der Waals surface area contributed by atoms with Crippen LogP contribution >= 0.6 is 0 Å². The van der Waals surface area contributed by atoms with E-state index in [-0.39, 0.29) is 5.75 Å². The van der Waals surface area contributed by atoms with Gasteiger partial charge in [0, 0.05) is 57.1 Å². The average Bonchev–Trinajstić information content (AvgIpc) is 3.26. The lowest BCUT2D eigenvalue weighted by atomic mass is 10.1. The zero-order valence-corrected chi connectivity index (χ0v) is 18.3. The van der Waals surface area contributed by atoms with Gasteiger partial charge in [0.2, 0.25) is 0 Å². The Morgan fingerprint density at radius 3 is 2.48 bits per heavy atom. The Kier molecular flexibility index (Phi) is 7.14. The lowest BCUT2D eigenvalue weighted by Crippen LogP contribution is -2.48. The lowest BCUT2D eigenvalue weighted by Gasteiger charge is -2.36. The third-order valence-corrected chi connectivity index (χ3v) is 5.51. The predicted octanol–water partition coefficient (Wildman–Crippen LogP) is 3.89. The molecule has 1 aromatic carbocycles. The molecule has 3 aromatic rings. The number of hydrogen-bond acceptors (Lipinski definition) is 7. The van der Waals surface area contributed by atoms with Crippen molar-refractivity contribution in [3.8, 4) is 17.0 Å². The van der Waals surface area contributed by atoms with Crippen LogP contribution < -0.4 is 9.64 Å². The van der Waals surface area contributed by atoms with E-state index < -0.39 is 6.36 Å². The van der Waals surface area contributed by atoms with Crippen molar-refractivity contribution in [1.82, 2.24) is 19.9 Å². The quantitative estimate of drug-likeness (QED) is 0.505. The second kappa shape index (κ2) is 10.2. The number of ether oxygens (including phenoxy) is 1. The fraction of sp³-hybridized carbons (Fsp3) is 0.391. The van der Waals surface area contributed by atoms with Gasteiger partial charge in [-0.15, -0.1) is 13.2 Å². The molecule has 3 heterocycles. The Morgan fingerprint density at radius 1 is 1.06 bits per heavy atom. The average molecular weight is 461 g/mol. The second-order valence-corrected chi connectivity index (χ2v) is 8.01. The normalized spacial score (nSPS) is 15.2. The molecule has 1 aliphatic rings. The Morgan fingerprint density at radius 2 is 1.82 bits per heavy atom. The van der Waals surface area contributed by atoms with Gasteiger partial charge < -0.3 is 14.2 Å². The minimum atomic E-state index is -4.71. The number of benzene rings is 1. The van der Waals surface area contributed by atoms with Crippen LogP contribution in [0.1, 0.15) is 5.76 Å². The number of hydrogen-bond donors (Lipinski definition) is 0. The molecule has 10 heteroatoms. The monoisotopic (exact) mass is 461 g/mol. The van der Waals surface area contributed by atoms with E-state index in [1.165, 1.54) is 24.3 Å². The van der Waals surface area contributed by atoms with Crippen LogP contribution in [0.2, 0.25) is 0 Å². The molecular formula is C23H26F3N5O2. The molecular weight excluding hydrogens is 435 g/mol. The third-order valence-electron chi connectivity index (χ3n) is 5.51. The molecule has 1 fully saturated rings. The molecule has 2 aromatic heterocycles. The highest BCUT2D eigenvalue weighted by molar-refractivity contribution is 5.59. The molecule has 33 heavy (non-hydrogen) atoms. The highest BCUT2D eigenvalue weighted by atomic mass is 19.4. The minimum absolute atomic E-state index is 0.268. The van der Waals surface area contributed by atoms with Crippen molar-refractivity contribution in [2.45, 2.75) is 12.9 Å². The fourth-order valence-corrected chi connectivity index (χ4v) is 3.75. The van der Waals surface area contributed by atoms with Crippen molar-refractivity contribution >= 4 is 5.82 Å². The molecule has 0 N–H and O–H groups in total. The van der Waals surface area contributed by atoms with Crippen molar-refractivity contribution in [2.24, 2.45) is 0 Å². The van der Waals surface area contributed by atoms with Crippen LogP contribution in [0, 0.1) is 0 Å². The van der Waals surface area contributed by atoms with Crippen LogP contribution in [-0.4, -0.2) is 72.6 Å². The van der Waals surface area contributed by atoms with Gasteiger partial charge in [-0.3, -0.25) is 9.80 Å². The van der Waals surface area contributed by atoms with Crippen molar-refractivity contribution in [2.75, 3.05) is 51.2 Å². The van der Waals surface area contributed by atoms with E-state index in [0.29, 0.717) is 23.6 Å². The standard InChI is InChI=1S/C23H26F3N5O2/c1-29(10-11-30-12-14-31(15-13-30)22-4-2-3-9-27-22)17-20-16-21(28-33-20)18-5-7-19(8-6-18)32-23(24,25)26/h2-9,16H,10-15,17H2,1H3. The summed E-state index contributed by atoms with van der Waals surface area (Å²) in [7, 11) is 2.02. The van der Waals surface area contributed by atoms with Gasteiger partial charge in [-0.25, -0.2) is 4.98 Å². The molecule has 0 radical (unpaired) electrons. The molecule has 7 nitrogen and oxygen atoms in total. The van der Waals surface area contributed by atoms with Crippen molar-refractivity contribution < 1.29 is 22.4 Å². The number of anilines is 1. The molecule has 1 aliphatic heterocycles. The van der Waals surface area contributed by atoms with Crippen LogP contribution in [0.3, 0.4) is 0 Å². The number of aromatic nitrogens is 2. The summed E-state index contributed by atoms with van der Waals surface area (Å²) in [5.74, 6) is 1.46. The number of likely N-dealkylation sites (N-methyl/N-ethyl adjacent to an activating group) is 1. The van der Waals surface area contributed by atoms with E-state index >= 15 is 0 Å². The predicted molar refractivity (Wildman–Crippen MR) is 118 cm³/mol. The first-order valence-electron chi connectivity index (χ1n) is 10.7. The summed E-state index contributed by atoms with van der Waals surface area (Å²) in [6.45, 7) is 6.32. The zero-order chi connectivity index (χ0) is 23.3. The van der Waals surface area contributed by atoms with Gasteiger partial charge in [0.05, 0.1) is 6.54 Å². The summed E-state index contributed by atoms with van der Waals surface area (Å²) in [6.07, 6.45) is -2.89. The molecule has 0 spiro atoms. The van der Waals surface area contributed by atoms with E-state index in [2.05, 4.69) is 29.6 Å². The Labute approximate surface area is 190 Å². The summed E-state index contributed by atoms with van der Waals surface area (Å²) in [4.78, 5) is 11.3. The SMILES string of the molecule is CN(CCN1CCN(c2ccccn2)CC1)Cc1cc(-c2ccc(OC(F)(F)F)cc2)no1. The molecule has 176 valence electrons. The molecule has 0 unspecified atom stereocenters. The number of rotatable bonds is 8. The molecule has 0 atom stereocenters. The van der Waals surface area contributed by atoms with E-state index in [1.807, 2.05) is 37.5 Å². The van der Waals surface area contributed by atoms with Gasteiger partial charge in [0.15, 0.2) is 5.76 Å². The molecule has 0 amide bonds. The van der Waals surface area contributed by atoms with E-state index in [9.17, 15) is 13.2 Å². The summed E-state index contributed by atoms with van der Waals surface area (Å²) >= 11 is 0. The van der Waals surface area contributed by atoms with Crippen molar-refractivity contribution in [3.05, 3.63) is 60.5 Å². The van der Waals surface area contributed by atoms with Crippen LogP contribution in [0.5, 0.6) is 5.75 Å². The van der Waals surface area contributed by atoms with E-state index in [4.69, 9.17) is 4.52 Å². The highest BCUT2D eigenvalue weighted by Crippen LogP contribution is 2.26. The zero-order valence-electron chi connectivity index (χ0n) is 18.3. The van der Waals surface area contributed by atoms with Crippen LogP contribution in [0.15, 0.2) is 59.3 Å². The summed E-state index contributed by atoms with van der Waals surface area (Å²) in [6, 6.07) is 13.4. The minimum Gasteiger partial charge on any atom is -0.406 e. The van der Waals surface area contributed by atoms with Gasteiger partial charge in [-0.1, -0.05) is 11.2 Å². The highest BCUT2D eigenvalue weighted by Gasteiger charge is 2.31. The maximum absolute atomic E-state index is 12.3. The molecule has 1 saturated heterocycles. The Hall–Kier alpha value is -3.11. The Balaban J connectivity index is 1.22. The van der Waals surface area contributed by atoms with E-state index in [1.54, 1.807) is 0 Å². The smallest absolute Gasteiger partial charge is 0.406 e. The van der Waals surface area contributed by atoms with E-state index in [0.717, 1.165) is 45.1 Å². The van der Waals surface area contributed by atoms with Crippen LogP contribution in [0.4, 0.5) is 19.0 Å². The number of nitrogens with zero attached hydrogens (tertiary/aromatic N) is 5. The molecule has 0 saturated carbocycles. The summed E-state index contributed by atoms with van der Waals surface area (Å²) in [5, 5.41) is 4.04. The van der Waals surface area contributed by atoms with Crippen molar-refractivity contribution in [1.29, 1.82) is 0 Å². The first kappa shape index (κ1) is 23.1. The van der Waals surface area contributed by atoms with Gasteiger partial charge in [-0.05, 0) is 43.4 Å². The van der Waals surface area contributed by atoms with Gasteiger partial charge in [-0.2, -0.15) is 0 Å². The maximum atomic E-state index is 12.3. The maximum Gasteiger partial charge on any atom is 0.573 e. The van der Waals surface area contributed by atoms with Crippen LogP contribution in [0.25, 0.3) is 11.3 Å². The number of piperazine rings is 1. The summed E-state index contributed by atoms with van der Waals surface area (Å²) < 4.78 is 46.2. The first-order valence-corrected chi connectivity index (χ1v) is 10.7. The number of pyridine rings is 1. The molecule has 4 rings (SSSR count). The Bertz CT molecular complexity index is 1000. The third kappa shape index (κ3) is 6.69. The molecule has 0 aliphatic carbocycles. The van der Waals surface area contributed by atoms with Gasteiger partial charge in [0.1, 0.15) is 17.3 Å². The fourth-order valence-electron chi connectivity index (χ4n) is 3.75. The summed E-state index contributed by atoms with van der Waals surface area (Å²) in [5.41, 5.74) is 1.23. The second-order valence-electron chi connectivity index (χ2n) is 8.01. The van der Waals surface area contributed by atoms with Crippen molar-refractivity contribution in [3.63, 3.8) is 0 Å². The first-order chi connectivity index (χ1) is 15.9. The lowest BCUT2D eigenvalue weighted by molar-refractivity contribution is -0.274. The molecule has 0 bridgehead atoms. The number of halogens is 3.